The van der Waals surface area contributed by atoms with Crippen LogP contribution in [-0.2, 0) is 24.3 Å². The van der Waals surface area contributed by atoms with Crippen molar-refractivity contribution >= 4 is 11.7 Å². The van der Waals surface area contributed by atoms with Crippen molar-refractivity contribution in [2.45, 2.75) is 33.4 Å². The molecule has 0 saturated heterocycles. The Labute approximate surface area is 126 Å². The highest BCUT2D eigenvalue weighted by molar-refractivity contribution is 5.94. The van der Waals surface area contributed by atoms with E-state index in [1.165, 1.54) is 15.5 Å². The van der Waals surface area contributed by atoms with Crippen molar-refractivity contribution in [1.29, 1.82) is 0 Å². The Morgan fingerprint density at radius 2 is 2.23 bits per heavy atom. The molecule has 0 spiro atoms. The van der Waals surface area contributed by atoms with Crippen molar-refractivity contribution in [3.8, 4) is 0 Å². The third kappa shape index (κ3) is 2.30. The minimum atomic E-state index is -0.415. The van der Waals surface area contributed by atoms with Gasteiger partial charge in [-0.25, -0.2) is 18.9 Å². The van der Waals surface area contributed by atoms with Gasteiger partial charge >= 0.3 is 5.69 Å². The monoisotopic (exact) mass is 305 g/mol. The average Bonchev–Trinajstić information content (AvgIpc) is 3.00. The number of amides is 1. The first-order chi connectivity index (χ1) is 10.5. The van der Waals surface area contributed by atoms with Gasteiger partial charge in [0.1, 0.15) is 24.0 Å². The largest absolute Gasteiger partial charge is 0.346 e. The first kappa shape index (κ1) is 14.4. The van der Waals surface area contributed by atoms with E-state index in [1.54, 1.807) is 6.92 Å². The van der Waals surface area contributed by atoms with Gasteiger partial charge in [-0.15, -0.1) is 0 Å². The molecule has 0 N–H and O–H groups in total. The maximum atomic E-state index is 13.2. The Bertz CT molecular complexity index is 795. The molecule has 22 heavy (non-hydrogen) atoms. The Balaban J connectivity index is 1.84. The zero-order chi connectivity index (χ0) is 15.9. The van der Waals surface area contributed by atoms with Gasteiger partial charge < -0.3 is 0 Å². The highest BCUT2D eigenvalue weighted by atomic mass is 19.1. The lowest BCUT2D eigenvalue weighted by atomic mass is 10.2. The summed E-state index contributed by atoms with van der Waals surface area (Å²) in [5.41, 5.74) is 0.399. The molecule has 0 fully saturated rings. The number of hydrogen-bond donors (Lipinski definition) is 0. The zero-order valence-corrected chi connectivity index (χ0v) is 12.4. The summed E-state index contributed by atoms with van der Waals surface area (Å²) in [5, 5.41) is 4.10. The number of rotatable bonds is 3. The fourth-order valence-electron chi connectivity index (χ4n) is 2.71. The third-order valence-electron chi connectivity index (χ3n) is 3.78. The van der Waals surface area contributed by atoms with Gasteiger partial charge in [0.2, 0.25) is 5.91 Å². The van der Waals surface area contributed by atoms with Gasteiger partial charge in [-0.2, -0.15) is 5.10 Å². The van der Waals surface area contributed by atoms with Crippen molar-refractivity contribution in [3.63, 3.8) is 0 Å². The van der Waals surface area contributed by atoms with Gasteiger partial charge in [-0.3, -0.25) is 14.3 Å². The van der Waals surface area contributed by atoms with Gasteiger partial charge in [-0.05, 0) is 31.9 Å². The van der Waals surface area contributed by atoms with Crippen LogP contribution in [0.2, 0.25) is 0 Å². The van der Waals surface area contributed by atoms with Crippen LogP contribution in [0.5, 0.6) is 0 Å². The van der Waals surface area contributed by atoms with Crippen LogP contribution >= 0.6 is 0 Å². The molecule has 0 atom stereocenters. The van der Waals surface area contributed by atoms with Crippen molar-refractivity contribution in [2.24, 2.45) is 0 Å². The third-order valence-corrected chi connectivity index (χ3v) is 3.78. The summed E-state index contributed by atoms with van der Waals surface area (Å²) in [7, 11) is 0. The maximum Gasteiger partial charge on any atom is 0.346 e. The Morgan fingerprint density at radius 3 is 2.91 bits per heavy atom. The summed E-state index contributed by atoms with van der Waals surface area (Å²) in [6.45, 7) is 4.36. The Hall–Kier alpha value is -2.51. The first-order valence-electron chi connectivity index (χ1n) is 7.10. The van der Waals surface area contributed by atoms with Crippen LogP contribution in [0.25, 0.3) is 0 Å². The van der Waals surface area contributed by atoms with Crippen LogP contribution in [0.15, 0.2) is 17.1 Å². The van der Waals surface area contributed by atoms with E-state index in [4.69, 9.17) is 0 Å². The summed E-state index contributed by atoms with van der Waals surface area (Å²) < 4.78 is 15.8. The van der Waals surface area contributed by atoms with Gasteiger partial charge in [0.15, 0.2) is 0 Å². The Morgan fingerprint density at radius 1 is 1.45 bits per heavy atom. The standard InChI is InChI=1S/C14H16FN5O2/c1-3-18-9(2)17-20(14(18)22)8-12(21)19-5-4-10-6-11(15)7-16-13(10)19/h6-7H,3-5,8H2,1-2H3. The van der Waals surface area contributed by atoms with Crippen molar-refractivity contribution in [3.05, 3.63) is 40.0 Å². The predicted molar refractivity (Wildman–Crippen MR) is 77.2 cm³/mol. The number of hydrogen-bond acceptors (Lipinski definition) is 4. The van der Waals surface area contributed by atoms with Crippen molar-refractivity contribution in [1.82, 2.24) is 19.3 Å². The molecule has 1 aliphatic rings. The van der Waals surface area contributed by atoms with Crippen LogP contribution in [0.4, 0.5) is 10.2 Å². The van der Waals surface area contributed by atoms with Crippen molar-refractivity contribution in [2.75, 3.05) is 11.4 Å². The molecule has 3 heterocycles. The van der Waals surface area contributed by atoms with E-state index in [-0.39, 0.29) is 18.1 Å². The van der Waals surface area contributed by atoms with Gasteiger partial charge in [-0.1, -0.05) is 0 Å². The summed E-state index contributed by atoms with van der Waals surface area (Å²) in [5.74, 6) is 0.343. The van der Waals surface area contributed by atoms with E-state index in [2.05, 4.69) is 10.1 Å². The highest BCUT2D eigenvalue weighted by Crippen LogP contribution is 2.25. The Kier molecular flexibility index (Phi) is 3.51. The highest BCUT2D eigenvalue weighted by Gasteiger charge is 2.27. The summed E-state index contributed by atoms with van der Waals surface area (Å²) in [6, 6.07) is 1.39. The van der Waals surface area contributed by atoms with Crippen LogP contribution in [0, 0.1) is 12.7 Å². The first-order valence-corrected chi connectivity index (χ1v) is 7.10. The number of carbonyl (C=O) groups is 1. The lowest BCUT2D eigenvalue weighted by molar-refractivity contribution is -0.119. The molecule has 0 aliphatic carbocycles. The number of halogens is 1. The topological polar surface area (TPSA) is 73.0 Å². The molecule has 3 rings (SSSR count). The number of aromatic nitrogens is 4. The van der Waals surface area contributed by atoms with E-state index in [9.17, 15) is 14.0 Å². The number of fused-ring (bicyclic) bond motifs is 1. The lowest BCUT2D eigenvalue weighted by Gasteiger charge is -2.15. The number of anilines is 1. The van der Waals surface area contributed by atoms with Gasteiger partial charge in [0.25, 0.3) is 0 Å². The van der Waals surface area contributed by atoms with E-state index in [0.29, 0.717) is 36.7 Å². The zero-order valence-electron chi connectivity index (χ0n) is 12.4. The van der Waals surface area contributed by atoms with Crippen LogP contribution in [0.3, 0.4) is 0 Å². The van der Waals surface area contributed by atoms with Gasteiger partial charge in [0.05, 0.1) is 6.20 Å². The molecule has 2 aromatic heterocycles. The second-order valence-corrected chi connectivity index (χ2v) is 5.16. The number of carbonyl (C=O) groups excluding carboxylic acids is 1. The van der Waals surface area contributed by atoms with Crippen molar-refractivity contribution < 1.29 is 9.18 Å². The van der Waals surface area contributed by atoms with E-state index in [0.717, 1.165) is 10.9 Å². The minimum absolute atomic E-state index is 0.148. The van der Waals surface area contributed by atoms with Crippen LogP contribution in [0.1, 0.15) is 18.3 Å². The molecule has 0 saturated carbocycles. The average molecular weight is 305 g/mol. The molecular formula is C14H16FN5O2. The van der Waals surface area contributed by atoms with Crippen LogP contribution in [-0.4, -0.2) is 31.8 Å². The summed E-state index contributed by atoms with van der Waals surface area (Å²) in [4.78, 5) is 30.0. The molecule has 1 aliphatic heterocycles. The van der Waals surface area contributed by atoms with E-state index in [1.807, 2.05) is 6.92 Å². The molecule has 2 aromatic rings. The molecule has 7 nitrogen and oxygen atoms in total. The fraction of sp³-hybridized carbons (Fsp3) is 0.429. The minimum Gasteiger partial charge on any atom is -0.295 e. The molecule has 116 valence electrons. The molecule has 0 bridgehead atoms. The summed E-state index contributed by atoms with van der Waals surface area (Å²) in [6.07, 6.45) is 1.65. The van der Waals surface area contributed by atoms with Gasteiger partial charge in [0, 0.05) is 13.1 Å². The molecule has 0 radical (unpaired) electrons. The molecular weight excluding hydrogens is 289 g/mol. The normalized spacial score (nSPS) is 13.5. The second-order valence-electron chi connectivity index (χ2n) is 5.16. The number of nitrogens with zero attached hydrogens (tertiary/aromatic N) is 5. The predicted octanol–water partition coefficient (Wildman–Crippen LogP) is 0.497. The lowest BCUT2D eigenvalue weighted by Crippen LogP contribution is -2.36. The van der Waals surface area contributed by atoms with Crippen LogP contribution < -0.4 is 10.6 Å². The van der Waals surface area contributed by atoms with E-state index < -0.39 is 5.82 Å². The number of pyridine rings is 1. The summed E-state index contributed by atoms with van der Waals surface area (Å²) >= 11 is 0. The molecule has 0 aromatic carbocycles. The molecule has 1 amide bonds. The fourth-order valence-corrected chi connectivity index (χ4v) is 2.71. The SMILES string of the molecule is CCn1c(C)nn(CC(=O)N2CCc3cc(F)cnc32)c1=O. The quantitative estimate of drug-likeness (QED) is 0.827. The maximum absolute atomic E-state index is 13.2. The second kappa shape index (κ2) is 5.36. The number of aryl methyl sites for hydroxylation is 1. The van der Waals surface area contributed by atoms with E-state index >= 15 is 0 Å². The molecule has 0 unspecified atom stereocenters. The smallest absolute Gasteiger partial charge is 0.295 e. The molecule has 8 heteroatoms.